The number of thioether (sulfide) groups is 1. The molecule has 0 unspecified atom stereocenters. The maximum Gasteiger partial charge on any atom is 0.243 e. The van der Waals surface area contributed by atoms with Gasteiger partial charge >= 0.3 is 0 Å². The van der Waals surface area contributed by atoms with Crippen molar-refractivity contribution in [2.45, 2.75) is 44.3 Å². The molecule has 0 saturated carbocycles. The fourth-order valence-electron chi connectivity index (χ4n) is 2.78. The van der Waals surface area contributed by atoms with Crippen LogP contribution >= 0.6 is 11.8 Å². The van der Waals surface area contributed by atoms with Gasteiger partial charge in [-0.2, -0.15) is 4.31 Å². The minimum atomic E-state index is -3.57. The number of sulfonamides is 1. The average molecular weight is 426 g/mol. The summed E-state index contributed by atoms with van der Waals surface area (Å²) in [5.41, 5.74) is 5.90. The van der Waals surface area contributed by atoms with Crippen LogP contribution in [0, 0.1) is 5.92 Å². The molecule has 10 heteroatoms. The van der Waals surface area contributed by atoms with Crippen LogP contribution in [0.25, 0.3) is 11.4 Å². The topological polar surface area (TPSA) is 111 Å². The van der Waals surface area contributed by atoms with E-state index in [4.69, 9.17) is 5.73 Å². The number of benzene rings is 1. The SMILES string of the molecule is CCN(CC)S(=O)(=O)c1cccc(-c2nnc(SCC(N)=O)n2CC(C)C)c1. The third-order valence-corrected chi connectivity index (χ3v) is 7.08. The Morgan fingerprint density at radius 3 is 2.50 bits per heavy atom. The van der Waals surface area contributed by atoms with Gasteiger partial charge in [-0.15, -0.1) is 10.2 Å². The van der Waals surface area contributed by atoms with Crippen molar-refractivity contribution < 1.29 is 13.2 Å². The van der Waals surface area contributed by atoms with E-state index in [2.05, 4.69) is 24.0 Å². The van der Waals surface area contributed by atoms with Crippen LogP contribution in [-0.4, -0.2) is 52.2 Å². The van der Waals surface area contributed by atoms with Crippen molar-refractivity contribution in [3.05, 3.63) is 24.3 Å². The van der Waals surface area contributed by atoms with Crippen molar-refractivity contribution in [3.63, 3.8) is 0 Å². The lowest BCUT2D eigenvalue weighted by atomic mass is 10.2. The van der Waals surface area contributed by atoms with E-state index in [-0.39, 0.29) is 10.6 Å². The number of primary amides is 1. The maximum atomic E-state index is 12.9. The summed E-state index contributed by atoms with van der Waals surface area (Å²) in [6.07, 6.45) is 0. The molecule has 0 aliphatic heterocycles. The van der Waals surface area contributed by atoms with Crippen LogP contribution in [0.15, 0.2) is 34.3 Å². The Balaban J connectivity index is 2.49. The summed E-state index contributed by atoms with van der Waals surface area (Å²) in [6.45, 7) is 9.19. The molecule has 1 heterocycles. The summed E-state index contributed by atoms with van der Waals surface area (Å²) in [4.78, 5) is 11.4. The van der Waals surface area contributed by atoms with Crippen LogP contribution in [0.2, 0.25) is 0 Å². The Morgan fingerprint density at radius 2 is 1.93 bits per heavy atom. The molecular formula is C18H27N5O3S2. The molecule has 0 fully saturated rings. The van der Waals surface area contributed by atoms with E-state index in [1.165, 1.54) is 16.1 Å². The zero-order valence-corrected chi connectivity index (χ0v) is 18.3. The fraction of sp³-hybridized carbons (Fsp3) is 0.500. The standard InChI is InChI=1S/C18H27N5O3S2/c1-5-22(6-2)28(25,26)15-9-7-8-14(10-15)17-20-21-18(27-12-16(19)24)23(17)11-13(3)4/h7-10,13H,5-6,11-12H2,1-4H3,(H2,19,24). The molecule has 0 saturated heterocycles. The molecule has 0 atom stereocenters. The molecule has 2 N–H and O–H groups in total. The molecule has 154 valence electrons. The number of hydrogen-bond acceptors (Lipinski definition) is 6. The van der Waals surface area contributed by atoms with Gasteiger partial charge in [-0.25, -0.2) is 8.42 Å². The third-order valence-electron chi connectivity index (χ3n) is 4.04. The number of nitrogens with zero attached hydrogens (tertiary/aromatic N) is 4. The Morgan fingerprint density at radius 1 is 1.25 bits per heavy atom. The number of carbonyl (C=O) groups excluding carboxylic acids is 1. The lowest BCUT2D eigenvalue weighted by Crippen LogP contribution is -2.30. The first kappa shape index (κ1) is 22.4. The highest BCUT2D eigenvalue weighted by atomic mass is 32.2. The largest absolute Gasteiger partial charge is 0.369 e. The van der Waals surface area contributed by atoms with Gasteiger partial charge in [0.1, 0.15) is 0 Å². The molecule has 1 amide bonds. The predicted octanol–water partition coefficient (Wildman–Crippen LogP) is 2.21. The lowest BCUT2D eigenvalue weighted by Gasteiger charge is -2.19. The zero-order chi connectivity index (χ0) is 20.9. The van der Waals surface area contributed by atoms with E-state index >= 15 is 0 Å². The molecule has 1 aromatic heterocycles. The van der Waals surface area contributed by atoms with Crippen molar-refractivity contribution in [1.29, 1.82) is 0 Å². The van der Waals surface area contributed by atoms with Gasteiger partial charge in [-0.3, -0.25) is 4.79 Å². The van der Waals surface area contributed by atoms with Crippen LogP contribution in [0.1, 0.15) is 27.7 Å². The van der Waals surface area contributed by atoms with Gasteiger partial charge in [0, 0.05) is 25.2 Å². The van der Waals surface area contributed by atoms with E-state index in [0.29, 0.717) is 42.1 Å². The first-order valence-electron chi connectivity index (χ1n) is 9.15. The van der Waals surface area contributed by atoms with Crippen LogP contribution in [-0.2, 0) is 21.4 Å². The van der Waals surface area contributed by atoms with Crippen LogP contribution in [0.5, 0.6) is 0 Å². The van der Waals surface area contributed by atoms with Gasteiger partial charge < -0.3 is 10.3 Å². The summed E-state index contributed by atoms with van der Waals surface area (Å²) < 4.78 is 29.0. The average Bonchev–Trinajstić information content (AvgIpc) is 3.02. The Bertz CT molecular complexity index is 921. The summed E-state index contributed by atoms with van der Waals surface area (Å²) in [5.74, 6) is 0.549. The fourth-order valence-corrected chi connectivity index (χ4v) is 4.97. The van der Waals surface area contributed by atoms with Gasteiger partial charge in [0.15, 0.2) is 11.0 Å². The molecule has 2 rings (SSSR count). The van der Waals surface area contributed by atoms with Crippen LogP contribution in [0.3, 0.4) is 0 Å². The van der Waals surface area contributed by atoms with E-state index in [0.717, 1.165) is 0 Å². The second kappa shape index (κ2) is 9.53. The summed E-state index contributed by atoms with van der Waals surface area (Å²) in [5, 5.41) is 9.03. The second-order valence-corrected chi connectivity index (χ2v) is 9.56. The van der Waals surface area contributed by atoms with Crippen molar-refractivity contribution in [2.75, 3.05) is 18.8 Å². The van der Waals surface area contributed by atoms with Gasteiger partial charge in [-0.1, -0.05) is 51.6 Å². The van der Waals surface area contributed by atoms with E-state index in [9.17, 15) is 13.2 Å². The Labute approximate surface area is 170 Å². The van der Waals surface area contributed by atoms with Crippen molar-refractivity contribution in [3.8, 4) is 11.4 Å². The minimum absolute atomic E-state index is 0.104. The number of amides is 1. The van der Waals surface area contributed by atoms with Crippen LogP contribution in [0.4, 0.5) is 0 Å². The Hall–Kier alpha value is -1.91. The Kier molecular flexibility index (Phi) is 7.62. The highest BCUT2D eigenvalue weighted by Crippen LogP contribution is 2.27. The number of nitrogens with two attached hydrogens (primary N) is 1. The first-order chi connectivity index (χ1) is 13.2. The molecule has 0 aliphatic carbocycles. The normalized spacial score (nSPS) is 12.1. The number of aromatic nitrogens is 3. The molecule has 0 spiro atoms. The lowest BCUT2D eigenvalue weighted by molar-refractivity contribution is -0.115. The number of rotatable bonds is 10. The van der Waals surface area contributed by atoms with Gasteiger partial charge in [0.2, 0.25) is 15.9 Å². The molecule has 0 bridgehead atoms. The smallest absolute Gasteiger partial charge is 0.243 e. The molecular weight excluding hydrogens is 398 g/mol. The van der Waals surface area contributed by atoms with Crippen LogP contribution < -0.4 is 5.73 Å². The molecule has 0 aliphatic rings. The van der Waals surface area contributed by atoms with E-state index < -0.39 is 15.9 Å². The molecule has 0 radical (unpaired) electrons. The number of carbonyl (C=O) groups is 1. The highest BCUT2D eigenvalue weighted by Gasteiger charge is 2.23. The quantitative estimate of drug-likeness (QED) is 0.584. The molecule has 2 aromatic rings. The van der Waals surface area contributed by atoms with Gasteiger partial charge in [0.05, 0.1) is 10.6 Å². The molecule has 28 heavy (non-hydrogen) atoms. The van der Waals surface area contributed by atoms with E-state index in [1.807, 2.05) is 24.5 Å². The van der Waals surface area contributed by atoms with Gasteiger partial charge in [0.25, 0.3) is 0 Å². The highest BCUT2D eigenvalue weighted by molar-refractivity contribution is 7.99. The van der Waals surface area contributed by atoms with Crippen molar-refractivity contribution >= 4 is 27.7 Å². The maximum absolute atomic E-state index is 12.9. The monoisotopic (exact) mass is 425 g/mol. The number of hydrogen-bond donors (Lipinski definition) is 1. The third kappa shape index (κ3) is 5.12. The van der Waals surface area contributed by atoms with Gasteiger partial charge in [-0.05, 0) is 18.1 Å². The molecule has 1 aromatic carbocycles. The predicted molar refractivity (Wildman–Crippen MR) is 110 cm³/mol. The summed E-state index contributed by atoms with van der Waals surface area (Å²) in [7, 11) is -3.57. The zero-order valence-electron chi connectivity index (χ0n) is 16.6. The molecule has 8 nitrogen and oxygen atoms in total. The summed E-state index contributed by atoms with van der Waals surface area (Å²) >= 11 is 1.22. The van der Waals surface area contributed by atoms with E-state index in [1.54, 1.807) is 18.2 Å². The first-order valence-corrected chi connectivity index (χ1v) is 11.6. The van der Waals surface area contributed by atoms with Crippen molar-refractivity contribution in [1.82, 2.24) is 19.1 Å². The van der Waals surface area contributed by atoms with Crippen molar-refractivity contribution in [2.24, 2.45) is 11.7 Å². The summed E-state index contributed by atoms with van der Waals surface area (Å²) in [6, 6.07) is 6.72. The second-order valence-electron chi connectivity index (χ2n) is 6.68. The minimum Gasteiger partial charge on any atom is -0.369 e.